The van der Waals surface area contributed by atoms with Gasteiger partial charge in [0.15, 0.2) is 0 Å². The summed E-state index contributed by atoms with van der Waals surface area (Å²) in [5.41, 5.74) is 1.05. The second kappa shape index (κ2) is 12.3. The summed E-state index contributed by atoms with van der Waals surface area (Å²) >= 11 is 6.65. The fourth-order valence-corrected chi connectivity index (χ4v) is 5.21. The summed E-state index contributed by atoms with van der Waals surface area (Å²) in [4.78, 5) is 28.5. The molecule has 3 N–H and O–H groups in total. The Morgan fingerprint density at radius 1 is 1.26 bits per heavy atom. The van der Waals surface area contributed by atoms with E-state index >= 15 is 0 Å². The molecule has 10 nitrogen and oxygen atoms in total. The van der Waals surface area contributed by atoms with Crippen molar-refractivity contribution in [2.45, 2.75) is 65.3 Å². The van der Waals surface area contributed by atoms with Gasteiger partial charge >= 0.3 is 6.09 Å². The molecule has 39 heavy (non-hydrogen) atoms. The van der Waals surface area contributed by atoms with Crippen molar-refractivity contribution in [2.24, 2.45) is 0 Å². The number of aromatic amines is 1. The van der Waals surface area contributed by atoms with Crippen molar-refractivity contribution in [3.63, 3.8) is 0 Å². The molecule has 0 saturated carbocycles. The predicted molar refractivity (Wildman–Crippen MR) is 150 cm³/mol. The zero-order valence-electron chi connectivity index (χ0n) is 22.9. The van der Waals surface area contributed by atoms with Gasteiger partial charge in [0, 0.05) is 29.6 Å². The molecule has 0 radical (unpaired) electrons. The standard InChI is InChI=1S/C26H34ClFN6O4S/c1-7-12-39(36,37)34-19-14-16(28)13-17(21(19)27)22-23(33-24(32-22)26(3,4)5)18-10-11-29-20(31-18)9-8-15(2)30-25(35)38-6/h10-11,13-15,34H,7-9,12H2,1-6H3,(H,30,35)(H,32,33)/t15-/m0/s1. The normalized spacial score (nSPS) is 12.7. The molecule has 3 aromatic rings. The number of aryl methyl sites for hydroxylation is 1. The molecule has 212 valence electrons. The van der Waals surface area contributed by atoms with Crippen molar-refractivity contribution < 1.29 is 22.3 Å². The molecule has 1 amide bonds. The van der Waals surface area contributed by atoms with Crippen LogP contribution in [0, 0.1) is 5.82 Å². The van der Waals surface area contributed by atoms with Crippen LogP contribution in [0.5, 0.6) is 0 Å². The third-order valence-electron chi connectivity index (χ3n) is 5.76. The first kappa shape index (κ1) is 30.3. The lowest BCUT2D eigenvalue weighted by atomic mass is 9.96. The Kier molecular flexibility index (Phi) is 9.55. The average Bonchev–Trinajstić information content (AvgIpc) is 3.30. The fraction of sp³-hybridized carbons (Fsp3) is 0.462. The van der Waals surface area contributed by atoms with Gasteiger partial charge < -0.3 is 15.0 Å². The Morgan fingerprint density at radius 3 is 2.62 bits per heavy atom. The number of hydrogen-bond acceptors (Lipinski definition) is 7. The molecule has 3 rings (SSSR count). The number of ether oxygens (including phenoxy) is 1. The molecular weight excluding hydrogens is 547 g/mol. The van der Waals surface area contributed by atoms with Gasteiger partial charge in [-0.15, -0.1) is 0 Å². The van der Waals surface area contributed by atoms with Gasteiger partial charge in [-0.1, -0.05) is 39.3 Å². The number of nitrogens with zero attached hydrogens (tertiary/aromatic N) is 3. The molecule has 0 saturated heterocycles. The number of imidazole rings is 1. The molecule has 1 atom stereocenters. The van der Waals surface area contributed by atoms with E-state index in [0.29, 0.717) is 48.0 Å². The quantitative estimate of drug-likeness (QED) is 0.289. The van der Waals surface area contributed by atoms with Crippen LogP contribution in [0.3, 0.4) is 0 Å². The molecule has 2 heterocycles. The number of anilines is 1. The number of aromatic nitrogens is 4. The van der Waals surface area contributed by atoms with Crippen molar-refractivity contribution in [2.75, 3.05) is 17.6 Å². The molecule has 0 aliphatic carbocycles. The minimum atomic E-state index is -3.72. The molecule has 0 aliphatic rings. The first-order valence-corrected chi connectivity index (χ1v) is 14.5. The summed E-state index contributed by atoms with van der Waals surface area (Å²) in [7, 11) is -2.41. The first-order valence-electron chi connectivity index (χ1n) is 12.5. The maximum absolute atomic E-state index is 14.8. The van der Waals surface area contributed by atoms with Crippen LogP contribution >= 0.6 is 11.6 Å². The Labute approximate surface area is 233 Å². The molecule has 0 aliphatic heterocycles. The Hall–Kier alpha value is -3.25. The van der Waals surface area contributed by atoms with E-state index < -0.39 is 27.3 Å². The summed E-state index contributed by atoms with van der Waals surface area (Å²) in [6.07, 6.45) is 2.52. The minimum absolute atomic E-state index is 0.0151. The fourth-order valence-electron chi connectivity index (χ4n) is 3.77. The number of hydrogen-bond donors (Lipinski definition) is 3. The molecule has 0 unspecified atom stereocenters. The van der Waals surface area contributed by atoms with Gasteiger partial charge in [0.05, 0.1) is 40.7 Å². The number of methoxy groups -OCH3 is 1. The van der Waals surface area contributed by atoms with E-state index in [0.717, 1.165) is 6.07 Å². The maximum Gasteiger partial charge on any atom is 0.407 e. The van der Waals surface area contributed by atoms with Gasteiger partial charge in [0.1, 0.15) is 17.5 Å². The summed E-state index contributed by atoms with van der Waals surface area (Å²) in [5, 5.41) is 2.72. The van der Waals surface area contributed by atoms with Crippen molar-refractivity contribution in [1.29, 1.82) is 0 Å². The van der Waals surface area contributed by atoms with Gasteiger partial charge in [0.25, 0.3) is 0 Å². The van der Waals surface area contributed by atoms with Crippen molar-refractivity contribution in [3.8, 4) is 22.6 Å². The van der Waals surface area contributed by atoms with Crippen molar-refractivity contribution in [1.82, 2.24) is 25.3 Å². The third kappa shape index (κ3) is 7.89. The van der Waals surface area contributed by atoms with E-state index in [-0.39, 0.29) is 28.1 Å². The molecule has 13 heteroatoms. The number of amides is 1. The number of H-pyrrole nitrogens is 1. The Morgan fingerprint density at radius 2 is 1.97 bits per heavy atom. The first-order chi connectivity index (χ1) is 18.2. The molecule has 0 bridgehead atoms. The second-order valence-electron chi connectivity index (χ2n) is 10.2. The van der Waals surface area contributed by atoms with Crippen LogP contribution in [0.4, 0.5) is 14.9 Å². The van der Waals surface area contributed by atoms with Crippen LogP contribution in [-0.2, 0) is 26.6 Å². The Bertz CT molecular complexity index is 1440. The van der Waals surface area contributed by atoms with Gasteiger partial charge in [-0.2, -0.15) is 0 Å². The van der Waals surface area contributed by atoms with Crippen LogP contribution in [0.25, 0.3) is 22.6 Å². The Balaban J connectivity index is 2.06. The highest BCUT2D eigenvalue weighted by Gasteiger charge is 2.26. The molecular formula is C26H34ClFN6O4S. The highest BCUT2D eigenvalue weighted by molar-refractivity contribution is 7.92. The van der Waals surface area contributed by atoms with Gasteiger partial charge in [0.2, 0.25) is 10.0 Å². The number of rotatable bonds is 10. The zero-order valence-corrected chi connectivity index (χ0v) is 24.4. The van der Waals surface area contributed by atoms with E-state index in [2.05, 4.69) is 29.7 Å². The lowest BCUT2D eigenvalue weighted by Crippen LogP contribution is -2.32. The monoisotopic (exact) mass is 580 g/mol. The van der Waals surface area contributed by atoms with Crippen LogP contribution in [0.2, 0.25) is 5.02 Å². The van der Waals surface area contributed by atoms with E-state index in [4.69, 9.17) is 16.6 Å². The molecule has 0 spiro atoms. The number of sulfonamides is 1. The van der Waals surface area contributed by atoms with E-state index in [1.807, 2.05) is 27.7 Å². The summed E-state index contributed by atoms with van der Waals surface area (Å²) < 4.78 is 46.6. The zero-order chi connectivity index (χ0) is 29.0. The topological polar surface area (TPSA) is 139 Å². The molecule has 0 fully saturated rings. The van der Waals surface area contributed by atoms with E-state index in [1.54, 1.807) is 19.2 Å². The molecule has 1 aromatic carbocycles. The number of nitrogens with one attached hydrogen (secondary N) is 3. The van der Waals surface area contributed by atoms with Crippen LogP contribution < -0.4 is 10.0 Å². The number of halogens is 2. The van der Waals surface area contributed by atoms with Gasteiger partial charge in [-0.25, -0.2) is 32.6 Å². The lowest BCUT2D eigenvalue weighted by Gasteiger charge is -2.14. The average molecular weight is 581 g/mol. The summed E-state index contributed by atoms with van der Waals surface area (Å²) in [6.45, 7) is 9.49. The number of carbonyl (C=O) groups excluding carboxylic acids is 1. The third-order valence-corrected chi connectivity index (χ3v) is 7.64. The van der Waals surface area contributed by atoms with Crippen LogP contribution in [0.1, 0.15) is 59.1 Å². The minimum Gasteiger partial charge on any atom is -0.453 e. The molecule has 2 aromatic heterocycles. The number of carbonyl (C=O) groups is 1. The summed E-state index contributed by atoms with van der Waals surface area (Å²) in [5.74, 6) is 0.332. The largest absolute Gasteiger partial charge is 0.453 e. The lowest BCUT2D eigenvalue weighted by molar-refractivity contribution is 0.167. The van der Waals surface area contributed by atoms with Crippen LogP contribution in [-0.4, -0.2) is 53.4 Å². The van der Waals surface area contributed by atoms with E-state index in [9.17, 15) is 17.6 Å². The predicted octanol–water partition coefficient (Wildman–Crippen LogP) is 5.45. The van der Waals surface area contributed by atoms with Crippen LogP contribution in [0.15, 0.2) is 24.4 Å². The van der Waals surface area contributed by atoms with E-state index in [1.165, 1.54) is 13.2 Å². The number of benzene rings is 1. The maximum atomic E-state index is 14.8. The smallest absolute Gasteiger partial charge is 0.407 e. The second-order valence-corrected chi connectivity index (χ2v) is 12.4. The van der Waals surface area contributed by atoms with Crippen molar-refractivity contribution >= 4 is 33.4 Å². The van der Waals surface area contributed by atoms with Gasteiger partial charge in [-0.05, 0) is 38.0 Å². The highest BCUT2D eigenvalue weighted by atomic mass is 35.5. The summed E-state index contributed by atoms with van der Waals surface area (Å²) in [6, 6.07) is 3.79. The number of alkyl carbamates (subject to hydrolysis) is 1. The van der Waals surface area contributed by atoms with Crippen molar-refractivity contribution in [3.05, 3.63) is 46.9 Å². The van der Waals surface area contributed by atoms with Gasteiger partial charge in [-0.3, -0.25) is 4.72 Å². The highest BCUT2D eigenvalue weighted by Crippen LogP contribution is 2.40. The SMILES string of the molecule is CCCS(=O)(=O)Nc1cc(F)cc(-c2nc(C(C)(C)C)[nH]c2-c2ccnc(CC[C@H](C)NC(=O)OC)n2)c1Cl.